The van der Waals surface area contributed by atoms with E-state index in [9.17, 15) is 14.0 Å². The summed E-state index contributed by atoms with van der Waals surface area (Å²) in [7, 11) is 3.66. The standard InChI is InChI=1S/C25H32FN3O3/c1-4-12-29-16-21(24(32-3)22-20(25(29)31)11-13-27(22)2)28-14-9-18(10-15-28)23(30)17-5-7-19(26)8-6-17/h5-8,11,13,18,21,24H,4,9-10,12,14-16H2,1-3H3. The van der Waals surface area contributed by atoms with Gasteiger partial charge in [-0.3, -0.25) is 14.5 Å². The van der Waals surface area contributed by atoms with Crippen LogP contribution >= 0.6 is 0 Å². The molecule has 1 aromatic carbocycles. The van der Waals surface area contributed by atoms with Crippen molar-refractivity contribution < 1.29 is 18.7 Å². The molecule has 1 saturated heterocycles. The quantitative estimate of drug-likeness (QED) is 0.642. The zero-order valence-corrected chi connectivity index (χ0v) is 19.1. The SMILES string of the molecule is CCCN1CC(N2CCC(C(=O)c3ccc(F)cc3)CC2)C(OC)c2c(ccn2C)C1=O. The van der Waals surface area contributed by atoms with Gasteiger partial charge in [0.1, 0.15) is 11.9 Å². The summed E-state index contributed by atoms with van der Waals surface area (Å²) >= 11 is 0. The molecule has 2 unspecified atom stereocenters. The van der Waals surface area contributed by atoms with Gasteiger partial charge in [-0.2, -0.15) is 0 Å². The van der Waals surface area contributed by atoms with Crippen LogP contribution in [0.15, 0.2) is 36.5 Å². The molecule has 1 aromatic heterocycles. The van der Waals surface area contributed by atoms with Crippen molar-refractivity contribution in [3.05, 3.63) is 59.2 Å². The zero-order chi connectivity index (χ0) is 22.8. The van der Waals surface area contributed by atoms with Crippen molar-refractivity contribution in [1.29, 1.82) is 0 Å². The molecule has 172 valence electrons. The van der Waals surface area contributed by atoms with E-state index in [1.165, 1.54) is 12.1 Å². The number of aromatic nitrogens is 1. The molecule has 2 aliphatic heterocycles. The molecular formula is C25H32FN3O3. The van der Waals surface area contributed by atoms with Crippen molar-refractivity contribution in [3.8, 4) is 0 Å². The lowest BCUT2D eigenvalue weighted by Crippen LogP contribution is -2.51. The van der Waals surface area contributed by atoms with Gasteiger partial charge in [-0.25, -0.2) is 4.39 Å². The number of halogens is 1. The highest BCUT2D eigenvalue weighted by molar-refractivity contribution is 5.98. The third-order valence-corrected chi connectivity index (χ3v) is 6.91. The van der Waals surface area contributed by atoms with E-state index < -0.39 is 0 Å². The highest BCUT2D eigenvalue weighted by atomic mass is 19.1. The largest absolute Gasteiger partial charge is 0.373 e. The lowest BCUT2D eigenvalue weighted by Gasteiger charge is -2.41. The van der Waals surface area contributed by atoms with Gasteiger partial charge in [-0.05, 0) is 62.7 Å². The van der Waals surface area contributed by atoms with Crippen molar-refractivity contribution in [2.75, 3.05) is 33.3 Å². The van der Waals surface area contributed by atoms with Crippen LogP contribution in [0.4, 0.5) is 4.39 Å². The van der Waals surface area contributed by atoms with Crippen LogP contribution in [0.5, 0.6) is 0 Å². The topological polar surface area (TPSA) is 54.8 Å². The molecule has 0 saturated carbocycles. The monoisotopic (exact) mass is 441 g/mol. The molecule has 2 aliphatic rings. The normalized spacial score (nSPS) is 22.6. The van der Waals surface area contributed by atoms with Crippen molar-refractivity contribution in [1.82, 2.24) is 14.4 Å². The fraction of sp³-hybridized carbons (Fsp3) is 0.520. The second kappa shape index (κ2) is 9.55. The number of likely N-dealkylation sites (tertiary alicyclic amines) is 1. The van der Waals surface area contributed by atoms with Crippen molar-refractivity contribution >= 4 is 11.7 Å². The maximum atomic E-state index is 13.2. The minimum atomic E-state index is -0.332. The number of piperidine rings is 1. The number of aryl methyl sites for hydroxylation is 1. The minimum Gasteiger partial charge on any atom is -0.373 e. The van der Waals surface area contributed by atoms with Crippen LogP contribution in [0.1, 0.15) is 58.7 Å². The van der Waals surface area contributed by atoms with Gasteiger partial charge in [-0.1, -0.05) is 6.92 Å². The van der Waals surface area contributed by atoms with Crippen LogP contribution < -0.4 is 0 Å². The Morgan fingerprint density at radius 2 is 1.84 bits per heavy atom. The molecule has 1 amide bonds. The van der Waals surface area contributed by atoms with Crippen LogP contribution in [0, 0.1) is 11.7 Å². The van der Waals surface area contributed by atoms with E-state index in [4.69, 9.17) is 4.74 Å². The number of ether oxygens (including phenoxy) is 1. The number of amides is 1. The Labute approximate surface area is 188 Å². The number of hydrogen-bond acceptors (Lipinski definition) is 4. The number of hydrogen-bond donors (Lipinski definition) is 0. The molecule has 0 aliphatic carbocycles. The Morgan fingerprint density at radius 3 is 2.47 bits per heavy atom. The van der Waals surface area contributed by atoms with Crippen LogP contribution in [0.25, 0.3) is 0 Å². The van der Waals surface area contributed by atoms with Gasteiger partial charge >= 0.3 is 0 Å². The van der Waals surface area contributed by atoms with E-state index in [1.54, 1.807) is 19.2 Å². The van der Waals surface area contributed by atoms with E-state index in [1.807, 2.05) is 28.8 Å². The highest BCUT2D eigenvalue weighted by Gasteiger charge is 2.41. The predicted octanol–water partition coefficient (Wildman–Crippen LogP) is 3.68. The van der Waals surface area contributed by atoms with E-state index in [-0.39, 0.29) is 35.6 Å². The van der Waals surface area contributed by atoms with Gasteiger partial charge in [0, 0.05) is 44.9 Å². The molecule has 32 heavy (non-hydrogen) atoms. The molecule has 0 N–H and O–H groups in total. The summed E-state index contributed by atoms with van der Waals surface area (Å²) in [4.78, 5) is 30.4. The molecule has 3 heterocycles. The van der Waals surface area contributed by atoms with Gasteiger partial charge < -0.3 is 14.2 Å². The summed E-state index contributed by atoms with van der Waals surface area (Å²) in [6.07, 6.45) is 4.08. The maximum Gasteiger partial charge on any atom is 0.255 e. The van der Waals surface area contributed by atoms with Gasteiger partial charge in [0.2, 0.25) is 0 Å². The summed E-state index contributed by atoms with van der Waals surface area (Å²) in [6, 6.07) is 7.74. The van der Waals surface area contributed by atoms with Crippen molar-refractivity contribution in [3.63, 3.8) is 0 Å². The maximum absolute atomic E-state index is 13.2. The number of benzene rings is 1. The lowest BCUT2D eigenvalue weighted by atomic mass is 9.87. The average Bonchev–Trinajstić information content (AvgIpc) is 3.13. The number of rotatable bonds is 6. The Balaban J connectivity index is 1.53. The van der Waals surface area contributed by atoms with Crippen LogP contribution in [0.2, 0.25) is 0 Å². The van der Waals surface area contributed by atoms with Gasteiger partial charge in [-0.15, -0.1) is 0 Å². The van der Waals surface area contributed by atoms with Crippen LogP contribution in [-0.2, 0) is 11.8 Å². The van der Waals surface area contributed by atoms with Crippen LogP contribution in [0.3, 0.4) is 0 Å². The average molecular weight is 442 g/mol. The molecule has 2 atom stereocenters. The second-order valence-electron chi connectivity index (χ2n) is 8.88. The smallest absolute Gasteiger partial charge is 0.255 e. The molecular weight excluding hydrogens is 409 g/mol. The third-order valence-electron chi connectivity index (χ3n) is 6.91. The second-order valence-corrected chi connectivity index (χ2v) is 8.88. The molecule has 1 fully saturated rings. The number of carbonyl (C=O) groups excluding carboxylic acids is 2. The van der Waals surface area contributed by atoms with Gasteiger partial charge in [0.25, 0.3) is 5.91 Å². The first-order chi connectivity index (χ1) is 15.4. The number of ketones is 1. The molecule has 7 heteroatoms. The Kier molecular flexibility index (Phi) is 6.76. The van der Waals surface area contributed by atoms with E-state index in [0.29, 0.717) is 18.7 Å². The summed E-state index contributed by atoms with van der Waals surface area (Å²) < 4.78 is 21.2. The molecule has 0 spiro atoms. The number of carbonyl (C=O) groups is 2. The summed E-state index contributed by atoms with van der Waals surface area (Å²) in [5.74, 6) is -0.251. The van der Waals surface area contributed by atoms with Crippen molar-refractivity contribution in [2.24, 2.45) is 13.0 Å². The first kappa shape index (κ1) is 22.7. The molecule has 2 aromatic rings. The van der Waals surface area contributed by atoms with Gasteiger partial charge in [0.15, 0.2) is 5.78 Å². The molecule has 0 bridgehead atoms. The lowest BCUT2D eigenvalue weighted by molar-refractivity contribution is -0.0119. The Bertz CT molecular complexity index is 963. The number of methoxy groups -OCH3 is 1. The molecule has 0 radical (unpaired) electrons. The van der Waals surface area contributed by atoms with E-state index >= 15 is 0 Å². The zero-order valence-electron chi connectivity index (χ0n) is 19.1. The first-order valence-electron chi connectivity index (χ1n) is 11.5. The number of nitrogens with zero attached hydrogens (tertiary/aromatic N) is 3. The Hall–Kier alpha value is -2.51. The van der Waals surface area contributed by atoms with Crippen molar-refractivity contribution in [2.45, 2.75) is 38.3 Å². The summed E-state index contributed by atoms with van der Waals surface area (Å²) in [5, 5.41) is 0. The minimum absolute atomic E-state index is 0.0206. The third kappa shape index (κ3) is 4.24. The first-order valence-corrected chi connectivity index (χ1v) is 11.5. The highest BCUT2D eigenvalue weighted by Crippen LogP contribution is 2.35. The van der Waals surface area contributed by atoms with E-state index in [2.05, 4.69) is 11.8 Å². The predicted molar refractivity (Wildman–Crippen MR) is 120 cm³/mol. The van der Waals surface area contributed by atoms with E-state index in [0.717, 1.165) is 43.6 Å². The Morgan fingerprint density at radius 1 is 1.16 bits per heavy atom. The summed E-state index contributed by atoms with van der Waals surface area (Å²) in [6.45, 7) is 4.92. The fourth-order valence-electron chi connectivity index (χ4n) is 5.22. The fourth-order valence-corrected chi connectivity index (χ4v) is 5.22. The summed E-state index contributed by atoms with van der Waals surface area (Å²) in [5.41, 5.74) is 2.21. The van der Waals surface area contributed by atoms with Gasteiger partial charge in [0.05, 0.1) is 17.3 Å². The molecule has 6 nitrogen and oxygen atoms in total. The number of Topliss-reactive ketones (excluding diaryl/α,β-unsaturated/α-hetero) is 1. The van der Waals surface area contributed by atoms with Crippen LogP contribution in [-0.4, -0.2) is 65.4 Å². The number of fused-ring (bicyclic) bond motifs is 1. The molecule has 4 rings (SSSR count).